The number of nitrogen functional groups attached to an aromatic ring is 1. The molecule has 21 heavy (non-hydrogen) atoms. The van der Waals surface area contributed by atoms with E-state index >= 15 is 0 Å². The van der Waals surface area contributed by atoms with Gasteiger partial charge in [0.25, 0.3) is 0 Å². The highest BCUT2D eigenvalue weighted by Gasteiger charge is 2.22. The fourth-order valence-electron chi connectivity index (χ4n) is 2.84. The maximum atomic E-state index is 5.57. The van der Waals surface area contributed by atoms with Gasteiger partial charge < -0.3 is 10.3 Å². The molecule has 112 valence electrons. The average Bonchev–Trinajstić information content (AvgIpc) is 2.87. The number of nitrogens with two attached hydrogens (primary N) is 1. The number of nitrogens with zero attached hydrogens (tertiary/aromatic N) is 5. The first-order valence-corrected chi connectivity index (χ1v) is 7.28. The van der Waals surface area contributed by atoms with Crippen molar-refractivity contribution in [3.63, 3.8) is 0 Å². The lowest BCUT2D eigenvalue weighted by atomic mass is 9.93. The quantitative estimate of drug-likeness (QED) is 0.903. The number of hydrogen-bond donors (Lipinski definition) is 1. The van der Waals surface area contributed by atoms with E-state index in [1.807, 2.05) is 19.1 Å². The number of likely N-dealkylation sites (tertiary alicyclic amines) is 1. The summed E-state index contributed by atoms with van der Waals surface area (Å²) in [5.74, 6) is 2.44. The summed E-state index contributed by atoms with van der Waals surface area (Å²) in [6.07, 6.45) is 3.34. The average molecular weight is 288 g/mol. The molecular weight excluding hydrogens is 268 g/mol. The van der Waals surface area contributed by atoms with Gasteiger partial charge in [0.15, 0.2) is 5.82 Å². The summed E-state index contributed by atoms with van der Waals surface area (Å²) in [4.78, 5) is 6.65. The SMILES string of the molecule is Cc1nc(CN2CCC[C@H](Cc3ccc(N)nn3)C2)no1. The zero-order valence-corrected chi connectivity index (χ0v) is 12.2. The van der Waals surface area contributed by atoms with Crippen molar-refractivity contribution in [1.82, 2.24) is 25.2 Å². The minimum absolute atomic E-state index is 0.469. The summed E-state index contributed by atoms with van der Waals surface area (Å²) in [5.41, 5.74) is 6.57. The van der Waals surface area contributed by atoms with Gasteiger partial charge in [-0.2, -0.15) is 10.1 Å². The second-order valence-corrected chi connectivity index (χ2v) is 5.63. The van der Waals surface area contributed by atoms with E-state index in [2.05, 4.69) is 25.2 Å². The van der Waals surface area contributed by atoms with Crippen molar-refractivity contribution in [3.8, 4) is 0 Å². The minimum atomic E-state index is 0.469. The summed E-state index contributed by atoms with van der Waals surface area (Å²) >= 11 is 0. The molecule has 0 bridgehead atoms. The lowest BCUT2D eigenvalue weighted by Gasteiger charge is -2.31. The molecule has 1 aliphatic heterocycles. The van der Waals surface area contributed by atoms with Gasteiger partial charge in [0, 0.05) is 13.5 Å². The third-order valence-electron chi connectivity index (χ3n) is 3.78. The molecule has 2 aromatic rings. The fourth-order valence-corrected chi connectivity index (χ4v) is 2.84. The molecule has 0 aliphatic carbocycles. The van der Waals surface area contributed by atoms with Gasteiger partial charge in [0.1, 0.15) is 5.82 Å². The Morgan fingerprint density at radius 1 is 1.38 bits per heavy atom. The lowest BCUT2D eigenvalue weighted by molar-refractivity contribution is 0.161. The van der Waals surface area contributed by atoms with Crippen molar-refractivity contribution >= 4 is 5.82 Å². The first-order valence-electron chi connectivity index (χ1n) is 7.28. The van der Waals surface area contributed by atoms with Crippen LogP contribution >= 0.6 is 0 Å². The molecule has 0 aromatic carbocycles. The molecule has 7 nitrogen and oxygen atoms in total. The fraction of sp³-hybridized carbons (Fsp3) is 0.571. The molecule has 0 amide bonds. The van der Waals surface area contributed by atoms with E-state index in [1.165, 1.54) is 12.8 Å². The van der Waals surface area contributed by atoms with Crippen LogP contribution in [0.3, 0.4) is 0 Å². The first kappa shape index (κ1) is 13.9. The molecule has 1 aliphatic rings. The number of hydrogen-bond acceptors (Lipinski definition) is 7. The topological polar surface area (TPSA) is 94.0 Å². The number of rotatable bonds is 4. The van der Waals surface area contributed by atoms with Crippen LogP contribution in [0.4, 0.5) is 5.82 Å². The van der Waals surface area contributed by atoms with E-state index in [9.17, 15) is 0 Å². The van der Waals surface area contributed by atoms with Crippen LogP contribution in [-0.2, 0) is 13.0 Å². The van der Waals surface area contributed by atoms with E-state index in [1.54, 1.807) is 0 Å². The van der Waals surface area contributed by atoms with Gasteiger partial charge in [-0.15, -0.1) is 5.10 Å². The predicted molar refractivity (Wildman–Crippen MR) is 77.2 cm³/mol. The summed E-state index contributed by atoms with van der Waals surface area (Å²) in [7, 11) is 0. The van der Waals surface area contributed by atoms with Crippen LogP contribution in [0, 0.1) is 12.8 Å². The normalized spacial score (nSPS) is 19.8. The monoisotopic (exact) mass is 288 g/mol. The highest BCUT2D eigenvalue weighted by atomic mass is 16.5. The Hall–Kier alpha value is -2.02. The summed E-state index contributed by atoms with van der Waals surface area (Å²) in [6, 6.07) is 3.77. The van der Waals surface area contributed by atoms with Gasteiger partial charge in [-0.3, -0.25) is 4.90 Å². The molecule has 1 atom stereocenters. The van der Waals surface area contributed by atoms with Crippen molar-refractivity contribution in [2.24, 2.45) is 5.92 Å². The van der Waals surface area contributed by atoms with Gasteiger partial charge in [0.05, 0.1) is 12.2 Å². The van der Waals surface area contributed by atoms with E-state index in [4.69, 9.17) is 10.3 Å². The summed E-state index contributed by atoms with van der Waals surface area (Å²) in [6.45, 7) is 4.67. The number of aromatic nitrogens is 4. The van der Waals surface area contributed by atoms with Crippen molar-refractivity contribution in [1.29, 1.82) is 0 Å². The predicted octanol–water partition coefficient (Wildman–Crippen LogP) is 1.20. The zero-order valence-electron chi connectivity index (χ0n) is 12.2. The Kier molecular flexibility index (Phi) is 4.10. The standard InChI is InChI=1S/C14H20N6O/c1-10-16-14(19-21-10)9-20-6-2-3-11(8-20)7-12-4-5-13(15)18-17-12/h4-5,11H,2-3,6-9H2,1H3,(H2,15,18)/t11-/m1/s1. The van der Waals surface area contributed by atoms with Crippen LogP contribution in [-0.4, -0.2) is 38.3 Å². The van der Waals surface area contributed by atoms with Crippen LogP contribution in [0.1, 0.15) is 30.3 Å². The molecule has 1 fully saturated rings. The van der Waals surface area contributed by atoms with E-state index in [-0.39, 0.29) is 0 Å². The van der Waals surface area contributed by atoms with Crippen molar-refractivity contribution < 1.29 is 4.52 Å². The van der Waals surface area contributed by atoms with E-state index in [0.29, 0.717) is 17.6 Å². The molecule has 0 unspecified atom stereocenters. The number of aryl methyl sites for hydroxylation is 1. The van der Waals surface area contributed by atoms with Crippen molar-refractivity contribution in [2.75, 3.05) is 18.8 Å². The van der Waals surface area contributed by atoms with Gasteiger partial charge in [0.2, 0.25) is 5.89 Å². The highest BCUT2D eigenvalue weighted by molar-refractivity contribution is 5.25. The Morgan fingerprint density at radius 2 is 2.29 bits per heavy atom. The van der Waals surface area contributed by atoms with Gasteiger partial charge >= 0.3 is 0 Å². The third kappa shape index (κ3) is 3.75. The minimum Gasteiger partial charge on any atom is -0.382 e. The maximum absolute atomic E-state index is 5.57. The van der Waals surface area contributed by atoms with Gasteiger partial charge in [-0.25, -0.2) is 0 Å². The molecule has 0 radical (unpaired) electrons. The second kappa shape index (κ2) is 6.17. The Balaban J connectivity index is 1.56. The zero-order chi connectivity index (χ0) is 14.7. The maximum Gasteiger partial charge on any atom is 0.223 e. The Labute approximate surface area is 123 Å². The van der Waals surface area contributed by atoms with Crippen LogP contribution in [0.15, 0.2) is 16.7 Å². The largest absolute Gasteiger partial charge is 0.382 e. The van der Waals surface area contributed by atoms with Crippen LogP contribution < -0.4 is 5.73 Å². The summed E-state index contributed by atoms with van der Waals surface area (Å²) in [5, 5.41) is 12.0. The Morgan fingerprint density at radius 3 is 3.00 bits per heavy atom. The molecule has 3 rings (SSSR count). The van der Waals surface area contributed by atoms with E-state index in [0.717, 1.165) is 37.6 Å². The number of piperidine rings is 1. The lowest BCUT2D eigenvalue weighted by Crippen LogP contribution is -2.36. The van der Waals surface area contributed by atoms with Crippen molar-refractivity contribution in [2.45, 2.75) is 32.7 Å². The molecular formula is C14H20N6O. The third-order valence-corrected chi connectivity index (χ3v) is 3.78. The van der Waals surface area contributed by atoms with Crippen LogP contribution in [0.2, 0.25) is 0 Å². The number of anilines is 1. The molecule has 2 aromatic heterocycles. The molecule has 1 saturated heterocycles. The van der Waals surface area contributed by atoms with Crippen LogP contribution in [0.25, 0.3) is 0 Å². The smallest absolute Gasteiger partial charge is 0.223 e. The highest BCUT2D eigenvalue weighted by Crippen LogP contribution is 2.21. The van der Waals surface area contributed by atoms with Crippen LogP contribution in [0.5, 0.6) is 0 Å². The molecule has 2 N–H and O–H groups in total. The molecule has 3 heterocycles. The van der Waals surface area contributed by atoms with Crippen molar-refractivity contribution in [3.05, 3.63) is 29.5 Å². The first-order chi connectivity index (χ1) is 10.2. The van der Waals surface area contributed by atoms with Gasteiger partial charge in [-0.1, -0.05) is 5.16 Å². The van der Waals surface area contributed by atoms with Gasteiger partial charge in [-0.05, 0) is 43.9 Å². The Bertz CT molecular complexity index is 581. The van der Waals surface area contributed by atoms with E-state index < -0.39 is 0 Å². The molecule has 7 heteroatoms. The molecule has 0 spiro atoms. The second-order valence-electron chi connectivity index (χ2n) is 5.63. The summed E-state index contributed by atoms with van der Waals surface area (Å²) < 4.78 is 5.02. The molecule has 0 saturated carbocycles.